The number of carboxylic acid groups (broad SMARTS) is 1. The monoisotopic (exact) mass is 313 g/mol. The Balaban J connectivity index is 2.56. The molecule has 2 atom stereocenters. The van der Waals surface area contributed by atoms with Gasteiger partial charge in [0.25, 0.3) is 0 Å². The Morgan fingerprint density at radius 3 is 2.48 bits per heavy atom. The lowest BCUT2D eigenvalue weighted by Gasteiger charge is -2.18. The maximum Gasteiger partial charge on any atom is 0.326 e. The van der Waals surface area contributed by atoms with Gasteiger partial charge in [0.15, 0.2) is 0 Å². The van der Waals surface area contributed by atoms with E-state index in [4.69, 9.17) is 5.11 Å². The number of carbonyl (C=O) groups is 2. The summed E-state index contributed by atoms with van der Waals surface area (Å²) in [5.41, 5.74) is 0. The highest BCUT2D eigenvalue weighted by Gasteiger charge is 2.22. The summed E-state index contributed by atoms with van der Waals surface area (Å²) in [4.78, 5) is 28.4. The predicted octanol–water partition coefficient (Wildman–Crippen LogP) is 2.57. The normalized spacial score (nSPS) is 13.8. The van der Waals surface area contributed by atoms with Crippen molar-refractivity contribution >= 4 is 23.3 Å². The Bertz CT molecular complexity index is 488. The first-order valence-electron chi connectivity index (χ1n) is 7.07. The van der Waals surface area contributed by atoms with Gasteiger partial charge in [0.05, 0.1) is 6.04 Å². The van der Waals surface area contributed by atoms with Crippen molar-refractivity contribution in [3.63, 3.8) is 0 Å². The van der Waals surface area contributed by atoms with Crippen LogP contribution in [0.1, 0.15) is 50.0 Å². The minimum Gasteiger partial charge on any atom is -0.480 e. The van der Waals surface area contributed by atoms with Gasteiger partial charge in [-0.1, -0.05) is 20.8 Å². The molecule has 0 saturated carbocycles. The van der Waals surface area contributed by atoms with E-state index in [0.717, 1.165) is 16.3 Å². The van der Waals surface area contributed by atoms with Gasteiger partial charge in [-0.05, 0) is 25.7 Å². The molecule has 0 fully saturated rings. The first-order chi connectivity index (χ1) is 9.83. The third-order valence-electron chi connectivity index (χ3n) is 2.95. The molecule has 0 radical (unpaired) electrons. The third-order valence-corrected chi connectivity index (χ3v) is 4.27. The van der Waals surface area contributed by atoms with E-state index in [0.29, 0.717) is 6.42 Å². The molecule has 21 heavy (non-hydrogen) atoms. The number of carbonyl (C=O) groups excluding carboxylic acids is 1. The van der Waals surface area contributed by atoms with Crippen LogP contribution in [-0.4, -0.2) is 28.1 Å². The number of amides is 2. The van der Waals surface area contributed by atoms with E-state index in [1.54, 1.807) is 17.5 Å². The Labute approximate surface area is 129 Å². The third kappa shape index (κ3) is 5.71. The topological polar surface area (TPSA) is 91.3 Å². The lowest BCUT2D eigenvalue weighted by molar-refractivity contribution is -0.139. The van der Waals surface area contributed by atoms with E-state index in [2.05, 4.69) is 15.6 Å². The second kappa shape index (κ2) is 7.97. The summed E-state index contributed by atoms with van der Waals surface area (Å²) in [5.74, 6) is -0.830. The molecule has 0 spiro atoms. The maximum absolute atomic E-state index is 11.9. The summed E-state index contributed by atoms with van der Waals surface area (Å²) in [5, 5.41) is 15.1. The van der Waals surface area contributed by atoms with Crippen molar-refractivity contribution in [3.05, 3.63) is 16.1 Å². The minimum absolute atomic E-state index is 0.190. The van der Waals surface area contributed by atoms with E-state index in [1.165, 1.54) is 0 Å². The standard InChI is InChI=1S/C14H23N3O3S/c1-5-10-7-15-12(21-10)9(4)16-14(20)17-11(13(18)19)6-8(2)3/h7-9,11H,5-6H2,1-4H3,(H,18,19)(H2,16,17,20). The summed E-state index contributed by atoms with van der Waals surface area (Å²) < 4.78 is 0. The zero-order valence-electron chi connectivity index (χ0n) is 12.8. The number of thiazole rings is 1. The number of hydrogen-bond acceptors (Lipinski definition) is 4. The highest BCUT2D eigenvalue weighted by atomic mass is 32.1. The Morgan fingerprint density at radius 1 is 1.33 bits per heavy atom. The van der Waals surface area contributed by atoms with Gasteiger partial charge in [-0.15, -0.1) is 11.3 Å². The number of aromatic nitrogens is 1. The first-order valence-corrected chi connectivity index (χ1v) is 7.89. The highest BCUT2D eigenvalue weighted by molar-refractivity contribution is 7.11. The Kier molecular flexibility index (Phi) is 6.61. The molecule has 2 amide bonds. The SMILES string of the molecule is CCc1cnc(C(C)NC(=O)NC(CC(C)C)C(=O)O)s1. The number of nitrogens with zero attached hydrogens (tertiary/aromatic N) is 1. The average Bonchev–Trinajstić information content (AvgIpc) is 2.85. The van der Waals surface area contributed by atoms with E-state index < -0.39 is 18.0 Å². The van der Waals surface area contributed by atoms with E-state index >= 15 is 0 Å². The lowest BCUT2D eigenvalue weighted by Crippen LogP contribution is -2.47. The quantitative estimate of drug-likeness (QED) is 0.721. The number of hydrogen-bond donors (Lipinski definition) is 3. The van der Waals surface area contributed by atoms with Crippen molar-refractivity contribution in [1.82, 2.24) is 15.6 Å². The van der Waals surface area contributed by atoms with Gasteiger partial charge in [-0.25, -0.2) is 14.6 Å². The largest absolute Gasteiger partial charge is 0.480 e. The number of carboxylic acids is 1. The smallest absolute Gasteiger partial charge is 0.326 e. The van der Waals surface area contributed by atoms with E-state index in [9.17, 15) is 9.59 Å². The summed E-state index contributed by atoms with van der Waals surface area (Å²) in [7, 11) is 0. The zero-order valence-corrected chi connectivity index (χ0v) is 13.7. The molecular formula is C14H23N3O3S. The van der Waals surface area contributed by atoms with Gasteiger partial charge in [-0.3, -0.25) is 0 Å². The first kappa shape index (κ1) is 17.4. The Morgan fingerprint density at radius 2 is 2.00 bits per heavy atom. The van der Waals surface area contributed by atoms with Crippen molar-refractivity contribution in [1.29, 1.82) is 0 Å². The van der Waals surface area contributed by atoms with Crippen molar-refractivity contribution in [3.8, 4) is 0 Å². The fourth-order valence-corrected chi connectivity index (χ4v) is 2.70. The molecule has 1 rings (SSSR count). The van der Waals surface area contributed by atoms with Crippen LogP contribution in [-0.2, 0) is 11.2 Å². The molecule has 0 aliphatic heterocycles. The number of urea groups is 1. The van der Waals surface area contributed by atoms with Gasteiger partial charge in [0.2, 0.25) is 0 Å². The molecule has 7 heteroatoms. The predicted molar refractivity (Wildman–Crippen MR) is 82.5 cm³/mol. The summed E-state index contributed by atoms with van der Waals surface area (Å²) in [6.45, 7) is 7.71. The van der Waals surface area contributed by atoms with Crippen molar-refractivity contribution in [2.75, 3.05) is 0 Å². The molecule has 0 saturated heterocycles. The molecule has 1 aromatic heterocycles. The van der Waals surface area contributed by atoms with Gasteiger partial charge < -0.3 is 15.7 Å². The molecule has 0 aliphatic carbocycles. The highest BCUT2D eigenvalue weighted by Crippen LogP contribution is 2.20. The van der Waals surface area contributed by atoms with Crippen LogP contribution in [0.4, 0.5) is 4.79 Å². The van der Waals surface area contributed by atoms with Gasteiger partial charge in [0.1, 0.15) is 11.0 Å². The van der Waals surface area contributed by atoms with Crippen molar-refractivity contribution in [2.24, 2.45) is 5.92 Å². The summed E-state index contributed by atoms with van der Waals surface area (Å²) in [6, 6.07) is -1.60. The van der Waals surface area contributed by atoms with Gasteiger partial charge in [0, 0.05) is 11.1 Å². The molecule has 1 aromatic rings. The molecule has 0 aliphatic rings. The summed E-state index contributed by atoms with van der Waals surface area (Å²) in [6.07, 6.45) is 3.11. The van der Waals surface area contributed by atoms with Crippen molar-refractivity contribution in [2.45, 2.75) is 52.6 Å². The van der Waals surface area contributed by atoms with Crippen LogP contribution >= 0.6 is 11.3 Å². The molecular weight excluding hydrogens is 290 g/mol. The van der Waals surface area contributed by atoms with Crippen LogP contribution in [0.3, 0.4) is 0 Å². The molecule has 2 unspecified atom stereocenters. The number of rotatable bonds is 7. The van der Waals surface area contributed by atoms with E-state index in [1.807, 2.05) is 27.7 Å². The molecule has 118 valence electrons. The fourth-order valence-electron chi connectivity index (χ4n) is 1.84. The van der Waals surface area contributed by atoms with Crippen LogP contribution in [0.15, 0.2) is 6.20 Å². The van der Waals surface area contributed by atoms with E-state index in [-0.39, 0.29) is 12.0 Å². The number of aliphatic carboxylic acids is 1. The number of aryl methyl sites for hydroxylation is 1. The maximum atomic E-state index is 11.9. The van der Waals surface area contributed by atoms with Crippen molar-refractivity contribution < 1.29 is 14.7 Å². The molecule has 1 heterocycles. The average molecular weight is 313 g/mol. The molecule has 0 aromatic carbocycles. The minimum atomic E-state index is -1.02. The second-order valence-corrected chi connectivity index (χ2v) is 6.53. The van der Waals surface area contributed by atoms with Crippen LogP contribution in [0.5, 0.6) is 0 Å². The van der Waals surface area contributed by atoms with Crippen LogP contribution in [0, 0.1) is 5.92 Å². The Hall–Kier alpha value is -1.63. The molecule has 0 bridgehead atoms. The fraction of sp³-hybridized carbons (Fsp3) is 0.643. The molecule has 6 nitrogen and oxygen atoms in total. The zero-order chi connectivity index (χ0) is 16.0. The van der Waals surface area contributed by atoms with Crippen LogP contribution in [0.2, 0.25) is 0 Å². The van der Waals surface area contributed by atoms with Crippen LogP contribution < -0.4 is 10.6 Å². The van der Waals surface area contributed by atoms with Gasteiger partial charge in [-0.2, -0.15) is 0 Å². The second-order valence-electron chi connectivity index (χ2n) is 5.38. The molecule has 3 N–H and O–H groups in total. The number of nitrogens with one attached hydrogen (secondary N) is 2. The summed E-state index contributed by atoms with van der Waals surface area (Å²) >= 11 is 1.55. The van der Waals surface area contributed by atoms with Gasteiger partial charge >= 0.3 is 12.0 Å². The lowest BCUT2D eigenvalue weighted by atomic mass is 10.0. The van der Waals surface area contributed by atoms with Crippen LogP contribution in [0.25, 0.3) is 0 Å².